The molecular weight excluding hydrogens is 349 g/mol. The maximum Gasteiger partial charge on any atom is 0.164 e. The van der Waals surface area contributed by atoms with Crippen molar-refractivity contribution < 1.29 is 9.18 Å². The molecule has 0 amide bonds. The molecule has 1 N–H and O–H groups in total. The molecule has 3 rings (SSSR count). The van der Waals surface area contributed by atoms with Crippen LogP contribution in [-0.4, -0.2) is 12.3 Å². The summed E-state index contributed by atoms with van der Waals surface area (Å²) in [6, 6.07) is 26.1. The maximum atomic E-state index is 13.0. The number of carbonyl (C=O) groups is 1. The van der Waals surface area contributed by atoms with Crippen molar-refractivity contribution in [1.29, 1.82) is 0 Å². The molecule has 0 radical (unpaired) electrons. The van der Waals surface area contributed by atoms with Gasteiger partial charge >= 0.3 is 0 Å². The average Bonchev–Trinajstić information content (AvgIpc) is 2.67. The first-order chi connectivity index (χ1) is 12.2. The van der Waals surface area contributed by atoms with Crippen molar-refractivity contribution in [2.24, 2.45) is 0 Å². The van der Waals surface area contributed by atoms with Gasteiger partial charge in [0.25, 0.3) is 0 Å². The number of benzene rings is 3. The minimum Gasteiger partial charge on any atom is -0.306 e. The van der Waals surface area contributed by atoms with Crippen molar-refractivity contribution in [2.75, 3.05) is 6.54 Å². The van der Waals surface area contributed by atoms with Crippen LogP contribution in [0.3, 0.4) is 0 Å². The molecule has 26 heavy (non-hydrogen) atoms. The first kappa shape index (κ1) is 19.8. The highest BCUT2D eigenvalue weighted by Gasteiger charge is 2.14. The van der Waals surface area contributed by atoms with E-state index in [2.05, 4.69) is 29.6 Å². The molecule has 0 atom stereocenters. The van der Waals surface area contributed by atoms with E-state index in [1.807, 2.05) is 36.4 Å². The third kappa shape index (κ3) is 5.25. The van der Waals surface area contributed by atoms with E-state index in [-0.39, 0.29) is 30.0 Å². The summed E-state index contributed by atoms with van der Waals surface area (Å²) in [6.45, 7) is 0.546. The summed E-state index contributed by atoms with van der Waals surface area (Å²) in [5, 5.41) is 3.47. The second-order valence-electron chi connectivity index (χ2n) is 5.89. The van der Waals surface area contributed by atoms with Gasteiger partial charge in [0.05, 0.1) is 6.04 Å². The predicted molar refractivity (Wildman–Crippen MR) is 105 cm³/mol. The number of Topliss-reactive ketones (excluding diaryl/α,β-unsaturated/α-hetero) is 1. The molecule has 3 aromatic carbocycles. The Morgan fingerprint density at radius 1 is 0.808 bits per heavy atom. The minimum atomic E-state index is -0.331. The van der Waals surface area contributed by atoms with Crippen LogP contribution in [0.4, 0.5) is 4.39 Å². The molecule has 0 spiro atoms. The normalized spacial score (nSPS) is 10.4. The molecule has 0 heterocycles. The summed E-state index contributed by atoms with van der Waals surface area (Å²) in [4.78, 5) is 12.2. The number of nitrogens with one attached hydrogen (secondary N) is 1. The van der Waals surface area contributed by atoms with Crippen molar-refractivity contribution in [1.82, 2.24) is 5.32 Å². The molecule has 0 fully saturated rings. The highest BCUT2D eigenvalue weighted by molar-refractivity contribution is 5.96. The highest BCUT2D eigenvalue weighted by Crippen LogP contribution is 2.21. The fourth-order valence-electron chi connectivity index (χ4n) is 2.83. The van der Waals surface area contributed by atoms with Crippen molar-refractivity contribution in [3.05, 3.63) is 107 Å². The average molecular weight is 370 g/mol. The smallest absolute Gasteiger partial charge is 0.164 e. The Hall–Kier alpha value is -2.49. The van der Waals surface area contributed by atoms with E-state index in [1.54, 1.807) is 0 Å². The van der Waals surface area contributed by atoms with Gasteiger partial charge in [0, 0.05) is 18.5 Å². The lowest BCUT2D eigenvalue weighted by molar-refractivity contribution is 0.0982. The molecule has 0 aliphatic carbocycles. The molecule has 2 nitrogen and oxygen atoms in total. The Morgan fingerprint density at radius 3 is 1.81 bits per heavy atom. The molecule has 3 aromatic rings. The second-order valence-corrected chi connectivity index (χ2v) is 5.89. The number of ketones is 1. The Balaban J connectivity index is 0.00000243. The fraction of sp³-hybridized carbons (Fsp3) is 0.136. The van der Waals surface area contributed by atoms with Gasteiger partial charge in [-0.15, -0.1) is 12.4 Å². The van der Waals surface area contributed by atoms with E-state index >= 15 is 0 Å². The van der Waals surface area contributed by atoms with Crippen LogP contribution >= 0.6 is 12.4 Å². The van der Waals surface area contributed by atoms with Gasteiger partial charge in [-0.2, -0.15) is 0 Å². The molecule has 0 bridgehead atoms. The van der Waals surface area contributed by atoms with E-state index in [0.717, 1.165) is 11.1 Å². The second kappa shape index (κ2) is 9.85. The standard InChI is InChI=1S/C22H20FNO.ClH/c23-20-13-11-17(12-14-20)21(25)15-16-24-22(18-7-3-1-4-8-18)19-9-5-2-6-10-19;/h1-14,22,24H,15-16H2;1H. The molecule has 0 aliphatic heterocycles. The van der Waals surface area contributed by atoms with E-state index in [0.29, 0.717) is 18.5 Å². The molecular formula is C22H21ClFNO. The Bertz CT molecular complexity index is 767. The molecule has 0 aliphatic rings. The number of hydrogen-bond donors (Lipinski definition) is 1. The van der Waals surface area contributed by atoms with Gasteiger partial charge in [0.15, 0.2) is 5.78 Å². The monoisotopic (exact) mass is 369 g/mol. The van der Waals surface area contributed by atoms with Crippen molar-refractivity contribution in [3.8, 4) is 0 Å². The van der Waals surface area contributed by atoms with Gasteiger partial charge in [0.2, 0.25) is 0 Å². The van der Waals surface area contributed by atoms with Crippen LogP contribution in [0.2, 0.25) is 0 Å². The van der Waals surface area contributed by atoms with Crippen molar-refractivity contribution in [2.45, 2.75) is 12.5 Å². The zero-order chi connectivity index (χ0) is 17.5. The third-order valence-corrected chi connectivity index (χ3v) is 4.13. The van der Waals surface area contributed by atoms with E-state index in [9.17, 15) is 9.18 Å². The molecule has 0 saturated carbocycles. The minimum absolute atomic E-state index is 0. The summed E-state index contributed by atoms with van der Waals surface area (Å²) < 4.78 is 13.0. The van der Waals surface area contributed by atoms with E-state index in [1.165, 1.54) is 24.3 Å². The number of rotatable bonds is 7. The molecule has 134 valence electrons. The van der Waals surface area contributed by atoms with Crippen molar-refractivity contribution >= 4 is 18.2 Å². The van der Waals surface area contributed by atoms with Gasteiger partial charge < -0.3 is 5.32 Å². The number of halogens is 2. The molecule has 4 heteroatoms. The summed E-state index contributed by atoms with van der Waals surface area (Å²) in [5.41, 5.74) is 2.85. The largest absolute Gasteiger partial charge is 0.306 e. The molecule has 0 unspecified atom stereocenters. The fourth-order valence-corrected chi connectivity index (χ4v) is 2.83. The quantitative estimate of drug-likeness (QED) is 0.580. The van der Waals surface area contributed by atoms with Crippen molar-refractivity contribution in [3.63, 3.8) is 0 Å². The van der Waals surface area contributed by atoms with E-state index in [4.69, 9.17) is 0 Å². The number of hydrogen-bond acceptors (Lipinski definition) is 2. The first-order valence-electron chi connectivity index (χ1n) is 8.36. The summed E-state index contributed by atoms with van der Waals surface area (Å²) >= 11 is 0. The van der Waals surface area contributed by atoms with Crippen LogP contribution < -0.4 is 5.32 Å². The molecule has 0 saturated heterocycles. The van der Waals surface area contributed by atoms with Gasteiger partial charge in [-0.1, -0.05) is 60.7 Å². The van der Waals surface area contributed by atoms with Crippen LogP contribution in [0.25, 0.3) is 0 Å². The topological polar surface area (TPSA) is 29.1 Å². The third-order valence-electron chi connectivity index (χ3n) is 4.13. The lowest BCUT2D eigenvalue weighted by atomic mass is 9.98. The Morgan fingerprint density at radius 2 is 1.31 bits per heavy atom. The van der Waals surface area contributed by atoms with Crippen LogP contribution in [0, 0.1) is 5.82 Å². The summed E-state index contributed by atoms with van der Waals surface area (Å²) in [7, 11) is 0. The Labute approximate surface area is 159 Å². The predicted octanol–water partition coefficient (Wildman–Crippen LogP) is 5.20. The Kier molecular flexibility index (Phi) is 7.52. The van der Waals surface area contributed by atoms with Crippen LogP contribution in [0.5, 0.6) is 0 Å². The van der Waals surface area contributed by atoms with E-state index < -0.39 is 0 Å². The van der Waals surface area contributed by atoms with Crippen LogP contribution in [-0.2, 0) is 0 Å². The van der Waals surface area contributed by atoms with Crippen LogP contribution in [0.15, 0.2) is 84.9 Å². The lowest BCUT2D eigenvalue weighted by Gasteiger charge is -2.19. The summed E-state index contributed by atoms with van der Waals surface area (Å²) in [6.07, 6.45) is 0.363. The first-order valence-corrected chi connectivity index (χ1v) is 8.36. The SMILES string of the molecule is Cl.O=C(CCNC(c1ccccc1)c1ccccc1)c1ccc(F)cc1. The zero-order valence-corrected chi connectivity index (χ0v) is 15.1. The summed E-state index contributed by atoms with van der Waals surface area (Å²) in [5.74, 6) is -0.324. The number of carbonyl (C=O) groups excluding carboxylic acids is 1. The van der Waals surface area contributed by atoms with Gasteiger partial charge in [-0.05, 0) is 35.4 Å². The zero-order valence-electron chi connectivity index (χ0n) is 14.3. The highest BCUT2D eigenvalue weighted by atomic mass is 35.5. The van der Waals surface area contributed by atoms with Gasteiger partial charge in [-0.25, -0.2) is 4.39 Å². The lowest BCUT2D eigenvalue weighted by Crippen LogP contribution is -2.25. The van der Waals surface area contributed by atoms with Crippen LogP contribution in [0.1, 0.15) is 33.9 Å². The van der Waals surface area contributed by atoms with Gasteiger partial charge in [-0.3, -0.25) is 4.79 Å². The maximum absolute atomic E-state index is 13.0. The van der Waals surface area contributed by atoms with Gasteiger partial charge in [0.1, 0.15) is 5.82 Å². The molecule has 0 aromatic heterocycles.